The number of rotatable bonds is 6. The molecule has 0 saturated heterocycles. The summed E-state index contributed by atoms with van der Waals surface area (Å²) in [6, 6.07) is 7.45. The van der Waals surface area contributed by atoms with E-state index >= 15 is 0 Å². The lowest BCUT2D eigenvalue weighted by Crippen LogP contribution is -2.31. The minimum absolute atomic E-state index is 0.194. The van der Waals surface area contributed by atoms with Crippen molar-refractivity contribution in [1.29, 1.82) is 0 Å². The summed E-state index contributed by atoms with van der Waals surface area (Å²) in [5, 5.41) is 0.575. The maximum Gasteiger partial charge on any atom is 0.329 e. The van der Waals surface area contributed by atoms with Gasteiger partial charge in [0.2, 0.25) is 0 Å². The average molecular weight is 385 g/mol. The fourth-order valence-corrected chi connectivity index (χ4v) is 4.18. The Morgan fingerprint density at radius 1 is 1.22 bits per heavy atom. The lowest BCUT2D eigenvalue weighted by atomic mass is 10.0. The third-order valence-electron chi connectivity index (χ3n) is 4.60. The third kappa shape index (κ3) is 3.67. The summed E-state index contributed by atoms with van der Waals surface area (Å²) in [5.41, 5.74) is 2.86. The molecular formula is C21H24N2O3S. The molecule has 6 heteroatoms. The van der Waals surface area contributed by atoms with Gasteiger partial charge in [-0.15, -0.1) is 11.3 Å². The van der Waals surface area contributed by atoms with Gasteiger partial charge in [-0.05, 0) is 32.3 Å². The summed E-state index contributed by atoms with van der Waals surface area (Å²) < 4.78 is 6.70. The lowest BCUT2D eigenvalue weighted by Gasteiger charge is -2.16. The van der Waals surface area contributed by atoms with Gasteiger partial charge in [0.1, 0.15) is 10.9 Å². The Bertz CT molecular complexity index is 1020. The first-order chi connectivity index (χ1) is 13.0. The van der Waals surface area contributed by atoms with Crippen molar-refractivity contribution in [2.45, 2.75) is 46.6 Å². The van der Waals surface area contributed by atoms with E-state index in [0.717, 1.165) is 28.0 Å². The van der Waals surface area contributed by atoms with Crippen LogP contribution < -0.4 is 5.56 Å². The van der Waals surface area contributed by atoms with Gasteiger partial charge in [0.25, 0.3) is 5.56 Å². The summed E-state index contributed by atoms with van der Waals surface area (Å²) in [7, 11) is 0. The Kier molecular flexibility index (Phi) is 5.75. The van der Waals surface area contributed by atoms with Gasteiger partial charge in [-0.2, -0.15) is 0 Å². The number of aryl methyl sites for hydroxylation is 2. The largest absolute Gasteiger partial charge is 0.464 e. The fourth-order valence-electron chi connectivity index (χ4n) is 3.18. The van der Waals surface area contributed by atoms with Gasteiger partial charge in [-0.25, -0.2) is 9.78 Å². The van der Waals surface area contributed by atoms with Gasteiger partial charge >= 0.3 is 5.97 Å². The number of ether oxygens (including phenoxy) is 1. The Morgan fingerprint density at radius 2 is 1.93 bits per heavy atom. The molecule has 0 bridgehead atoms. The van der Waals surface area contributed by atoms with Gasteiger partial charge in [0.15, 0.2) is 0 Å². The van der Waals surface area contributed by atoms with E-state index in [1.165, 1.54) is 22.2 Å². The molecule has 3 rings (SSSR count). The van der Waals surface area contributed by atoms with E-state index in [9.17, 15) is 9.59 Å². The highest BCUT2D eigenvalue weighted by atomic mass is 32.1. The molecule has 1 aromatic carbocycles. The number of aromatic nitrogens is 2. The Morgan fingerprint density at radius 3 is 2.56 bits per heavy atom. The first-order valence-corrected chi connectivity index (χ1v) is 10.0. The number of hydrogen-bond acceptors (Lipinski definition) is 5. The molecular weight excluding hydrogens is 360 g/mol. The maximum atomic E-state index is 13.3. The minimum atomic E-state index is -0.660. The highest BCUT2D eigenvalue weighted by Crippen LogP contribution is 2.35. The van der Waals surface area contributed by atoms with Crippen molar-refractivity contribution in [2.75, 3.05) is 6.61 Å². The van der Waals surface area contributed by atoms with Crippen LogP contribution in [-0.2, 0) is 9.53 Å². The summed E-state index contributed by atoms with van der Waals surface area (Å²) in [5.74, 6) is -0.383. The predicted molar refractivity (Wildman–Crippen MR) is 109 cm³/mol. The van der Waals surface area contributed by atoms with Gasteiger partial charge < -0.3 is 4.74 Å². The summed E-state index contributed by atoms with van der Waals surface area (Å²) in [6.07, 6.45) is 2.69. The van der Waals surface area contributed by atoms with Crippen molar-refractivity contribution in [3.8, 4) is 11.1 Å². The first kappa shape index (κ1) is 19.3. The highest BCUT2D eigenvalue weighted by molar-refractivity contribution is 7.19. The maximum absolute atomic E-state index is 13.3. The molecule has 0 fully saturated rings. The molecule has 0 radical (unpaired) electrons. The number of benzene rings is 1. The Labute approximate surface area is 162 Å². The second-order valence-electron chi connectivity index (χ2n) is 6.63. The van der Waals surface area contributed by atoms with Gasteiger partial charge in [0, 0.05) is 10.4 Å². The third-order valence-corrected chi connectivity index (χ3v) is 5.61. The predicted octanol–water partition coefficient (Wildman–Crippen LogP) is 4.65. The van der Waals surface area contributed by atoms with Crippen LogP contribution >= 0.6 is 11.3 Å². The van der Waals surface area contributed by atoms with Crippen molar-refractivity contribution >= 4 is 27.5 Å². The van der Waals surface area contributed by atoms with Crippen LogP contribution in [0.15, 0.2) is 35.4 Å². The van der Waals surface area contributed by atoms with Crippen LogP contribution in [0.3, 0.4) is 0 Å². The van der Waals surface area contributed by atoms with Gasteiger partial charge in [-0.3, -0.25) is 9.36 Å². The molecule has 3 aromatic rings. The highest BCUT2D eigenvalue weighted by Gasteiger charge is 2.24. The van der Waals surface area contributed by atoms with Crippen molar-refractivity contribution in [1.82, 2.24) is 9.55 Å². The zero-order valence-electron chi connectivity index (χ0n) is 16.1. The number of nitrogens with zero attached hydrogens (tertiary/aromatic N) is 2. The van der Waals surface area contributed by atoms with Crippen molar-refractivity contribution in [2.24, 2.45) is 0 Å². The van der Waals surface area contributed by atoms with Crippen LogP contribution in [0.25, 0.3) is 21.3 Å². The first-order valence-electron chi connectivity index (χ1n) is 9.21. The molecule has 0 saturated carbocycles. The van der Waals surface area contributed by atoms with E-state index in [4.69, 9.17) is 4.74 Å². The zero-order chi connectivity index (χ0) is 19.6. The molecule has 142 valence electrons. The van der Waals surface area contributed by atoms with Crippen LogP contribution in [0.1, 0.15) is 43.2 Å². The van der Waals surface area contributed by atoms with E-state index in [1.807, 2.05) is 52.0 Å². The smallest absolute Gasteiger partial charge is 0.329 e. The summed E-state index contributed by atoms with van der Waals surface area (Å²) in [6.45, 7) is 8.19. The Balaban J connectivity index is 2.16. The molecule has 2 aromatic heterocycles. The monoisotopic (exact) mass is 384 g/mol. The molecule has 0 aliphatic heterocycles. The van der Waals surface area contributed by atoms with Crippen LogP contribution in [0.2, 0.25) is 0 Å². The Hall–Kier alpha value is -2.47. The number of thiophene rings is 1. The molecule has 0 aliphatic rings. The molecule has 5 nitrogen and oxygen atoms in total. The molecule has 1 unspecified atom stereocenters. The zero-order valence-corrected chi connectivity index (χ0v) is 16.9. The summed E-state index contributed by atoms with van der Waals surface area (Å²) >= 11 is 1.50. The van der Waals surface area contributed by atoms with Crippen LogP contribution in [0.5, 0.6) is 0 Å². The second-order valence-corrected chi connectivity index (χ2v) is 7.83. The number of esters is 1. The van der Waals surface area contributed by atoms with E-state index in [2.05, 4.69) is 4.98 Å². The van der Waals surface area contributed by atoms with Crippen molar-refractivity contribution in [3.63, 3.8) is 0 Å². The van der Waals surface area contributed by atoms with E-state index in [0.29, 0.717) is 23.2 Å². The topological polar surface area (TPSA) is 61.2 Å². The number of carbonyl (C=O) groups excluding carboxylic acids is 1. The number of hydrogen-bond donors (Lipinski definition) is 0. The van der Waals surface area contributed by atoms with E-state index in [-0.39, 0.29) is 11.5 Å². The second kappa shape index (κ2) is 8.05. The fraction of sp³-hybridized carbons (Fsp3) is 0.381. The molecule has 0 aliphatic carbocycles. The van der Waals surface area contributed by atoms with Crippen molar-refractivity contribution < 1.29 is 9.53 Å². The van der Waals surface area contributed by atoms with E-state index < -0.39 is 6.04 Å². The molecule has 0 N–H and O–H groups in total. The molecule has 1 atom stereocenters. The molecule has 0 spiro atoms. The summed E-state index contributed by atoms with van der Waals surface area (Å²) in [4.78, 5) is 31.9. The average Bonchev–Trinajstić information content (AvgIpc) is 3.00. The number of carbonyl (C=O) groups is 1. The lowest BCUT2D eigenvalue weighted by molar-refractivity contribution is -0.147. The SMILES string of the molecule is CCCOC(=O)C(CC)n1cnc2sc(C)c(-c3ccc(C)cc3)c2c1=O. The molecule has 27 heavy (non-hydrogen) atoms. The standard InChI is InChI=1S/C21H24N2O3S/c1-5-11-26-21(25)16(6-2)23-12-22-19-18(20(23)24)17(14(4)27-19)15-9-7-13(3)8-10-15/h7-10,12,16H,5-6,11H2,1-4H3. The number of fused-ring (bicyclic) bond motifs is 1. The van der Waals surface area contributed by atoms with Crippen LogP contribution in [0.4, 0.5) is 0 Å². The van der Waals surface area contributed by atoms with Crippen LogP contribution in [-0.4, -0.2) is 22.1 Å². The van der Waals surface area contributed by atoms with Gasteiger partial charge in [0.05, 0.1) is 18.3 Å². The quantitative estimate of drug-likeness (QED) is 0.581. The molecule has 0 amide bonds. The van der Waals surface area contributed by atoms with Crippen LogP contribution in [0, 0.1) is 13.8 Å². The van der Waals surface area contributed by atoms with E-state index in [1.54, 1.807) is 0 Å². The van der Waals surface area contributed by atoms with Gasteiger partial charge in [-0.1, -0.05) is 43.7 Å². The van der Waals surface area contributed by atoms with Crippen molar-refractivity contribution in [3.05, 3.63) is 51.4 Å². The molecule has 2 heterocycles. The minimum Gasteiger partial charge on any atom is -0.464 e. The normalized spacial score (nSPS) is 12.3.